The molecule has 0 saturated heterocycles. The van der Waals surface area contributed by atoms with Gasteiger partial charge in [0.05, 0.1) is 19.1 Å². The molecule has 2 aromatic rings. The molecular formula is C18H23NO4S. The molecule has 0 aromatic heterocycles. The van der Waals surface area contributed by atoms with Crippen molar-refractivity contribution in [2.24, 2.45) is 0 Å². The van der Waals surface area contributed by atoms with E-state index in [1.807, 2.05) is 25.1 Å². The Balaban J connectivity index is 2.35. The van der Waals surface area contributed by atoms with Gasteiger partial charge < -0.3 is 9.47 Å². The van der Waals surface area contributed by atoms with Crippen LogP contribution < -0.4 is 9.47 Å². The van der Waals surface area contributed by atoms with E-state index in [1.54, 1.807) is 46.4 Å². The SMILES string of the molecule is COc1ccc(CN(C)S(=O)(=O)c2cc(C)ccc2C)c(OC)c1. The van der Waals surface area contributed by atoms with Crippen molar-refractivity contribution >= 4 is 10.0 Å². The van der Waals surface area contributed by atoms with Crippen LogP contribution in [0.2, 0.25) is 0 Å². The molecule has 0 bridgehead atoms. The molecule has 0 heterocycles. The van der Waals surface area contributed by atoms with Crippen molar-refractivity contribution in [3.63, 3.8) is 0 Å². The van der Waals surface area contributed by atoms with Crippen molar-refractivity contribution in [3.8, 4) is 11.5 Å². The topological polar surface area (TPSA) is 55.8 Å². The molecule has 0 atom stereocenters. The second kappa shape index (κ2) is 7.23. The van der Waals surface area contributed by atoms with Gasteiger partial charge in [-0.15, -0.1) is 0 Å². The Labute approximate surface area is 143 Å². The van der Waals surface area contributed by atoms with E-state index in [-0.39, 0.29) is 6.54 Å². The van der Waals surface area contributed by atoms with E-state index in [0.717, 1.165) is 16.7 Å². The lowest BCUT2D eigenvalue weighted by molar-refractivity contribution is 0.384. The van der Waals surface area contributed by atoms with Crippen LogP contribution >= 0.6 is 0 Å². The molecular weight excluding hydrogens is 326 g/mol. The number of hydrogen-bond acceptors (Lipinski definition) is 4. The number of ether oxygens (including phenoxy) is 2. The molecule has 0 saturated carbocycles. The molecule has 0 aliphatic rings. The first-order valence-corrected chi connectivity index (χ1v) is 8.98. The fourth-order valence-electron chi connectivity index (χ4n) is 2.46. The molecule has 0 radical (unpaired) electrons. The number of rotatable bonds is 6. The van der Waals surface area contributed by atoms with E-state index >= 15 is 0 Å². The van der Waals surface area contributed by atoms with Crippen molar-refractivity contribution in [1.82, 2.24) is 4.31 Å². The minimum absolute atomic E-state index is 0.211. The van der Waals surface area contributed by atoms with Gasteiger partial charge in [0.1, 0.15) is 11.5 Å². The van der Waals surface area contributed by atoms with Gasteiger partial charge in [-0.1, -0.05) is 18.2 Å². The minimum Gasteiger partial charge on any atom is -0.497 e. The average Bonchev–Trinajstić information content (AvgIpc) is 2.57. The van der Waals surface area contributed by atoms with Crippen LogP contribution in [0, 0.1) is 13.8 Å². The first kappa shape index (κ1) is 18.3. The highest BCUT2D eigenvalue weighted by Gasteiger charge is 2.24. The summed E-state index contributed by atoms with van der Waals surface area (Å²) in [4.78, 5) is 0.331. The van der Waals surface area contributed by atoms with Crippen LogP contribution in [-0.4, -0.2) is 34.0 Å². The molecule has 5 nitrogen and oxygen atoms in total. The molecule has 2 aromatic carbocycles. The van der Waals surface area contributed by atoms with Gasteiger partial charge in [-0.2, -0.15) is 4.31 Å². The second-order valence-corrected chi connectivity index (χ2v) is 7.72. The molecule has 24 heavy (non-hydrogen) atoms. The van der Waals surface area contributed by atoms with Gasteiger partial charge in [0.2, 0.25) is 10.0 Å². The van der Waals surface area contributed by atoms with Crippen LogP contribution in [0.15, 0.2) is 41.3 Å². The van der Waals surface area contributed by atoms with Gasteiger partial charge in [0, 0.05) is 25.2 Å². The van der Waals surface area contributed by atoms with E-state index < -0.39 is 10.0 Å². The Bertz CT molecular complexity index is 831. The van der Waals surface area contributed by atoms with Crippen molar-refractivity contribution in [3.05, 3.63) is 53.1 Å². The van der Waals surface area contributed by atoms with Crippen LogP contribution in [0.4, 0.5) is 0 Å². The summed E-state index contributed by atoms with van der Waals surface area (Å²) in [5.41, 5.74) is 2.42. The molecule has 0 unspecified atom stereocenters. The maximum Gasteiger partial charge on any atom is 0.243 e. The Morgan fingerprint density at radius 3 is 2.33 bits per heavy atom. The first-order valence-electron chi connectivity index (χ1n) is 7.54. The fraction of sp³-hybridized carbons (Fsp3) is 0.333. The van der Waals surface area contributed by atoms with Gasteiger partial charge in [-0.25, -0.2) is 8.42 Å². The molecule has 130 valence electrons. The second-order valence-electron chi connectivity index (χ2n) is 5.71. The summed E-state index contributed by atoms with van der Waals surface area (Å²) in [6.07, 6.45) is 0. The molecule has 2 rings (SSSR count). The van der Waals surface area contributed by atoms with Crippen LogP contribution in [-0.2, 0) is 16.6 Å². The van der Waals surface area contributed by atoms with E-state index in [2.05, 4.69) is 0 Å². The van der Waals surface area contributed by atoms with Crippen molar-refractivity contribution in [2.45, 2.75) is 25.3 Å². The summed E-state index contributed by atoms with van der Waals surface area (Å²) in [5, 5.41) is 0. The smallest absolute Gasteiger partial charge is 0.243 e. The highest BCUT2D eigenvalue weighted by molar-refractivity contribution is 7.89. The molecule has 0 N–H and O–H groups in total. The van der Waals surface area contributed by atoms with Crippen molar-refractivity contribution in [2.75, 3.05) is 21.3 Å². The van der Waals surface area contributed by atoms with Gasteiger partial charge in [-0.05, 0) is 37.1 Å². The third-order valence-corrected chi connectivity index (χ3v) is 5.86. The Morgan fingerprint density at radius 2 is 1.71 bits per heavy atom. The molecule has 0 aliphatic carbocycles. The zero-order valence-corrected chi connectivity index (χ0v) is 15.5. The van der Waals surface area contributed by atoms with Crippen molar-refractivity contribution < 1.29 is 17.9 Å². The minimum atomic E-state index is -3.58. The van der Waals surface area contributed by atoms with Crippen molar-refractivity contribution in [1.29, 1.82) is 0 Å². The number of sulfonamides is 1. The predicted octanol–water partition coefficient (Wildman–Crippen LogP) is 3.14. The monoisotopic (exact) mass is 349 g/mol. The van der Waals surface area contributed by atoms with E-state index in [9.17, 15) is 8.42 Å². The summed E-state index contributed by atoms with van der Waals surface area (Å²) in [7, 11) is 1.11. The molecule has 0 fully saturated rings. The molecule has 0 aliphatic heterocycles. The number of methoxy groups -OCH3 is 2. The van der Waals surface area contributed by atoms with Gasteiger partial charge in [0.25, 0.3) is 0 Å². The predicted molar refractivity (Wildman–Crippen MR) is 94.1 cm³/mol. The van der Waals surface area contributed by atoms with Crippen LogP contribution in [0.3, 0.4) is 0 Å². The zero-order valence-electron chi connectivity index (χ0n) is 14.7. The fourth-order valence-corrected chi connectivity index (χ4v) is 3.92. The third-order valence-electron chi connectivity index (χ3n) is 3.92. The van der Waals surface area contributed by atoms with Crippen LogP contribution in [0.1, 0.15) is 16.7 Å². The number of nitrogens with zero attached hydrogens (tertiary/aromatic N) is 1. The highest BCUT2D eigenvalue weighted by Crippen LogP contribution is 2.28. The Morgan fingerprint density at radius 1 is 1.00 bits per heavy atom. The summed E-state index contributed by atoms with van der Waals surface area (Å²) >= 11 is 0. The summed E-state index contributed by atoms with van der Waals surface area (Å²) in [5.74, 6) is 1.26. The number of aryl methyl sites for hydroxylation is 2. The number of hydrogen-bond donors (Lipinski definition) is 0. The lowest BCUT2D eigenvalue weighted by Gasteiger charge is -2.20. The summed E-state index contributed by atoms with van der Waals surface area (Å²) in [6.45, 7) is 3.89. The lowest BCUT2D eigenvalue weighted by Crippen LogP contribution is -2.27. The van der Waals surface area contributed by atoms with E-state index in [4.69, 9.17) is 9.47 Å². The number of benzene rings is 2. The normalized spacial score (nSPS) is 11.6. The zero-order chi connectivity index (χ0) is 17.9. The third kappa shape index (κ3) is 3.71. The quantitative estimate of drug-likeness (QED) is 0.804. The largest absolute Gasteiger partial charge is 0.497 e. The molecule has 6 heteroatoms. The van der Waals surface area contributed by atoms with E-state index in [1.165, 1.54) is 4.31 Å². The first-order chi connectivity index (χ1) is 11.3. The van der Waals surface area contributed by atoms with E-state index in [0.29, 0.717) is 16.4 Å². The van der Waals surface area contributed by atoms with Crippen LogP contribution in [0.25, 0.3) is 0 Å². The van der Waals surface area contributed by atoms with Gasteiger partial charge in [0.15, 0.2) is 0 Å². The summed E-state index contributed by atoms with van der Waals surface area (Å²) in [6, 6.07) is 10.8. The Hall–Kier alpha value is -2.05. The highest BCUT2D eigenvalue weighted by atomic mass is 32.2. The lowest BCUT2D eigenvalue weighted by atomic mass is 10.2. The molecule has 0 amide bonds. The van der Waals surface area contributed by atoms with Gasteiger partial charge >= 0.3 is 0 Å². The maximum atomic E-state index is 12.9. The average molecular weight is 349 g/mol. The van der Waals surface area contributed by atoms with Gasteiger partial charge in [-0.3, -0.25) is 0 Å². The maximum absolute atomic E-state index is 12.9. The standard InChI is InChI=1S/C18H23NO4S/c1-13-6-7-14(2)18(10-13)24(20,21)19(3)12-15-8-9-16(22-4)11-17(15)23-5/h6-11H,12H2,1-5H3. The summed E-state index contributed by atoms with van der Waals surface area (Å²) < 4.78 is 37.6. The molecule has 0 spiro atoms. The Kier molecular flexibility index (Phi) is 5.51. The van der Waals surface area contributed by atoms with Crippen LogP contribution in [0.5, 0.6) is 11.5 Å².